The third kappa shape index (κ3) is 1.65. The van der Waals surface area contributed by atoms with Crippen molar-refractivity contribution in [1.29, 1.82) is 0 Å². The molecular weight excluding hydrogens is 174 g/mol. The number of aromatic nitrogens is 1. The van der Waals surface area contributed by atoms with Gasteiger partial charge in [0.2, 0.25) is 0 Å². The van der Waals surface area contributed by atoms with Gasteiger partial charge in [0.25, 0.3) is 0 Å². The molecule has 1 aromatic heterocycles. The minimum absolute atomic E-state index is 0.846. The highest BCUT2D eigenvalue weighted by molar-refractivity contribution is 5.61. The van der Waals surface area contributed by atoms with Crippen LogP contribution in [0.25, 0.3) is 17.3 Å². The zero-order valence-electron chi connectivity index (χ0n) is 7.60. The monoisotopic (exact) mass is 183 g/mol. The van der Waals surface area contributed by atoms with Crippen LogP contribution in [0.2, 0.25) is 0 Å². The van der Waals surface area contributed by atoms with Crippen molar-refractivity contribution in [2.75, 3.05) is 0 Å². The molecule has 0 aliphatic rings. The Morgan fingerprint density at radius 2 is 2.00 bits per heavy atom. The van der Waals surface area contributed by atoms with Gasteiger partial charge in [-0.25, -0.2) is 0 Å². The van der Waals surface area contributed by atoms with Crippen LogP contribution < -0.4 is 0 Å². The number of hydrogen-bond acceptors (Lipinski definition) is 2. The van der Waals surface area contributed by atoms with Gasteiger partial charge in [-0.2, -0.15) is 0 Å². The average Bonchev–Trinajstić information content (AvgIpc) is 2.72. The van der Waals surface area contributed by atoms with Crippen LogP contribution in [0.3, 0.4) is 0 Å². The van der Waals surface area contributed by atoms with E-state index < -0.39 is 0 Å². The Hall–Kier alpha value is -2.05. The van der Waals surface area contributed by atoms with Crippen LogP contribution in [0.1, 0.15) is 5.56 Å². The summed E-state index contributed by atoms with van der Waals surface area (Å²) < 4.78 is 4.77. The van der Waals surface area contributed by atoms with Gasteiger partial charge in [-0.15, -0.1) is 5.73 Å². The van der Waals surface area contributed by atoms with Crippen molar-refractivity contribution in [3.8, 4) is 11.3 Å². The number of benzene rings is 1. The maximum Gasteiger partial charge on any atom is 0.124 e. The van der Waals surface area contributed by atoms with Crippen molar-refractivity contribution in [3.63, 3.8) is 0 Å². The molecule has 2 nitrogen and oxygen atoms in total. The second-order valence-corrected chi connectivity index (χ2v) is 2.86. The van der Waals surface area contributed by atoms with E-state index in [-0.39, 0.29) is 0 Å². The quantitative estimate of drug-likeness (QED) is 0.668. The van der Waals surface area contributed by atoms with E-state index in [1.54, 1.807) is 6.26 Å². The summed E-state index contributed by atoms with van der Waals surface area (Å²) in [7, 11) is 0. The lowest BCUT2D eigenvalue weighted by molar-refractivity contribution is 0.422. The molecule has 0 bridgehead atoms. The summed E-state index contributed by atoms with van der Waals surface area (Å²) in [5.41, 5.74) is 5.69. The number of rotatable bonds is 2. The fourth-order valence-electron chi connectivity index (χ4n) is 1.23. The summed E-state index contributed by atoms with van der Waals surface area (Å²) in [6, 6.07) is 9.78. The predicted molar refractivity (Wildman–Crippen MR) is 55.5 cm³/mol. The Morgan fingerprint density at radius 3 is 2.57 bits per heavy atom. The maximum absolute atomic E-state index is 4.77. The molecule has 0 N–H and O–H groups in total. The highest BCUT2D eigenvalue weighted by atomic mass is 16.5. The zero-order valence-corrected chi connectivity index (χ0v) is 7.60. The predicted octanol–water partition coefficient (Wildman–Crippen LogP) is 3.14. The van der Waals surface area contributed by atoms with Crippen LogP contribution in [0.15, 0.2) is 53.4 Å². The molecule has 14 heavy (non-hydrogen) atoms. The molecule has 0 spiro atoms. The zero-order chi connectivity index (χ0) is 9.80. The molecule has 0 aliphatic heterocycles. The molecule has 0 saturated heterocycles. The van der Waals surface area contributed by atoms with E-state index in [2.05, 4.69) is 17.5 Å². The van der Waals surface area contributed by atoms with Crippen LogP contribution in [0, 0.1) is 0 Å². The summed E-state index contributed by atoms with van der Waals surface area (Å²) in [5.74, 6) is 0. The van der Waals surface area contributed by atoms with E-state index in [1.165, 1.54) is 0 Å². The number of nitrogens with zero attached hydrogens (tertiary/aromatic N) is 1. The van der Waals surface area contributed by atoms with Crippen molar-refractivity contribution in [2.24, 2.45) is 0 Å². The van der Waals surface area contributed by atoms with Crippen molar-refractivity contribution in [3.05, 3.63) is 54.5 Å². The third-order valence-electron chi connectivity index (χ3n) is 1.91. The Balaban J connectivity index is 2.35. The standard InChI is InChI=1S/C12H9NO/c1-2-3-10-4-6-11(7-5-10)12-8-9-14-13-12/h3-9H,1H2. The van der Waals surface area contributed by atoms with Gasteiger partial charge >= 0.3 is 0 Å². The van der Waals surface area contributed by atoms with Crippen LogP contribution in [0.5, 0.6) is 0 Å². The van der Waals surface area contributed by atoms with E-state index in [4.69, 9.17) is 4.52 Å². The highest BCUT2D eigenvalue weighted by Crippen LogP contribution is 2.17. The summed E-state index contributed by atoms with van der Waals surface area (Å²) in [5, 5.41) is 3.85. The summed E-state index contributed by atoms with van der Waals surface area (Å²) in [6.07, 6.45) is 3.39. The summed E-state index contributed by atoms with van der Waals surface area (Å²) in [6.45, 7) is 3.52. The Kier molecular flexibility index (Phi) is 2.30. The molecule has 1 heterocycles. The molecule has 0 atom stereocenters. The summed E-state index contributed by atoms with van der Waals surface area (Å²) in [4.78, 5) is 0. The van der Waals surface area contributed by atoms with Crippen molar-refractivity contribution in [2.45, 2.75) is 0 Å². The molecule has 0 unspecified atom stereocenters. The lowest BCUT2D eigenvalue weighted by atomic mass is 10.1. The third-order valence-corrected chi connectivity index (χ3v) is 1.91. The second-order valence-electron chi connectivity index (χ2n) is 2.86. The average molecular weight is 183 g/mol. The Morgan fingerprint density at radius 1 is 1.21 bits per heavy atom. The van der Waals surface area contributed by atoms with Crippen molar-refractivity contribution in [1.82, 2.24) is 5.16 Å². The molecule has 0 aliphatic carbocycles. The van der Waals surface area contributed by atoms with Gasteiger partial charge in [-0.05, 0) is 11.6 Å². The molecule has 0 fully saturated rings. The fraction of sp³-hybridized carbons (Fsp3) is 0. The molecule has 1 aromatic carbocycles. The first-order valence-corrected chi connectivity index (χ1v) is 4.27. The van der Waals surface area contributed by atoms with Gasteiger partial charge < -0.3 is 4.52 Å². The molecule has 2 rings (SSSR count). The van der Waals surface area contributed by atoms with Crippen molar-refractivity contribution < 1.29 is 4.52 Å². The SMILES string of the molecule is C=C=Cc1ccc(-c2ccon2)cc1. The second kappa shape index (κ2) is 3.77. The van der Waals surface area contributed by atoms with Crippen LogP contribution in [0.4, 0.5) is 0 Å². The van der Waals surface area contributed by atoms with Gasteiger partial charge in [0.05, 0.1) is 0 Å². The fourth-order valence-corrected chi connectivity index (χ4v) is 1.23. The lowest BCUT2D eigenvalue weighted by Crippen LogP contribution is -1.77. The smallest absolute Gasteiger partial charge is 0.124 e. The molecule has 0 saturated carbocycles. The van der Waals surface area contributed by atoms with Crippen LogP contribution in [-0.4, -0.2) is 5.16 Å². The Bertz CT molecular complexity index is 448. The van der Waals surface area contributed by atoms with Crippen LogP contribution in [-0.2, 0) is 0 Å². The normalized spacial score (nSPS) is 9.43. The van der Waals surface area contributed by atoms with Crippen molar-refractivity contribution >= 4 is 6.08 Å². The van der Waals surface area contributed by atoms with Gasteiger partial charge in [-0.1, -0.05) is 36.0 Å². The maximum atomic E-state index is 4.77. The molecule has 0 amide bonds. The van der Waals surface area contributed by atoms with E-state index in [0.717, 1.165) is 16.8 Å². The Labute approximate surface area is 82.2 Å². The largest absolute Gasteiger partial charge is 0.364 e. The first kappa shape index (κ1) is 8.54. The molecule has 2 aromatic rings. The minimum atomic E-state index is 0.846. The van der Waals surface area contributed by atoms with E-state index in [0.29, 0.717) is 0 Å². The first-order chi connectivity index (χ1) is 6.90. The lowest BCUT2D eigenvalue weighted by Gasteiger charge is -1.95. The minimum Gasteiger partial charge on any atom is -0.364 e. The summed E-state index contributed by atoms with van der Waals surface area (Å²) >= 11 is 0. The molecule has 68 valence electrons. The highest BCUT2D eigenvalue weighted by Gasteiger charge is 1.99. The molecule has 0 radical (unpaired) electrons. The van der Waals surface area contributed by atoms with E-state index >= 15 is 0 Å². The van der Waals surface area contributed by atoms with Crippen LogP contribution >= 0.6 is 0 Å². The first-order valence-electron chi connectivity index (χ1n) is 4.27. The van der Waals surface area contributed by atoms with Gasteiger partial charge in [0.15, 0.2) is 0 Å². The van der Waals surface area contributed by atoms with Gasteiger partial charge in [-0.3, -0.25) is 0 Å². The topological polar surface area (TPSA) is 26.0 Å². The van der Waals surface area contributed by atoms with E-state index in [1.807, 2.05) is 36.4 Å². The van der Waals surface area contributed by atoms with E-state index in [9.17, 15) is 0 Å². The number of hydrogen-bond donors (Lipinski definition) is 0. The van der Waals surface area contributed by atoms with Gasteiger partial charge in [0.1, 0.15) is 12.0 Å². The molecular formula is C12H9NO. The molecule has 2 heteroatoms. The van der Waals surface area contributed by atoms with Gasteiger partial charge in [0, 0.05) is 11.6 Å².